The van der Waals surface area contributed by atoms with Crippen LogP contribution in [0.1, 0.15) is 31.1 Å². The van der Waals surface area contributed by atoms with Gasteiger partial charge in [0.1, 0.15) is 11.3 Å². The number of rotatable bonds is 3. The van der Waals surface area contributed by atoms with Crippen LogP contribution in [0.5, 0.6) is 0 Å². The first-order valence-corrected chi connectivity index (χ1v) is 6.93. The Morgan fingerprint density at radius 3 is 3.05 bits per heavy atom. The van der Waals surface area contributed by atoms with Crippen LogP contribution in [0.4, 0.5) is 0 Å². The second-order valence-corrected chi connectivity index (χ2v) is 5.35. The molecule has 19 heavy (non-hydrogen) atoms. The molecule has 98 valence electrons. The Bertz CT molecular complexity index is 623. The van der Waals surface area contributed by atoms with Crippen molar-refractivity contribution in [3.8, 4) is 6.07 Å². The first kappa shape index (κ1) is 12.3. The van der Waals surface area contributed by atoms with Crippen LogP contribution in [0.15, 0.2) is 28.7 Å². The number of likely N-dealkylation sites (tertiary alicyclic amines) is 1. The average Bonchev–Trinajstić information content (AvgIpc) is 3.01. The molecule has 0 N–H and O–H groups in total. The summed E-state index contributed by atoms with van der Waals surface area (Å²) in [5.74, 6) is 1.02. The van der Waals surface area contributed by atoms with Gasteiger partial charge in [0.05, 0.1) is 11.6 Å². The Hall–Kier alpha value is -1.79. The summed E-state index contributed by atoms with van der Waals surface area (Å²) in [7, 11) is 0. The topological polar surface area (TPSA) is 40.2 Å². The molecule has 0 radical (unpaired) electrons. The summed E-state index contributed by atoms with van der Waals surface area (Å²) in [4.78, 5) is 2.52. The van der Waals surface area contributed by atoms with Crippen LogP contribution < -0.4 is 0 Å². The van der Waals surface area contributed by atoms with Gasteiger partial charge in [-0.15, -0.1) is 0 Å². The van der Waals surface area contributed by atoms with Crippen molar-refractivity contribution in [3.63, 3.8) is 0 Å². The zero-order valence-electron chi connectivity index (χ0n) is 11.2. The number of benzene rings is 1. The minimum absolute atomic E-state index is 0.654. The van der Waals surface area contributed by atoms with Crippen molar-refractivity contribution in [2.75, 3.05) is 13.1 Å². The molecule has 3 nitrogen and oxygen atoms in total. The number of hydrogen-bond donors (Lipinski definition) is 0. The quantitative estimate of drug-likeness (QED) is 0.843. The van der Waals surface area contributed by atoms with Gasteiger partial charge in [-0.2, -0.15) is 5.26 Å². The summed E-state index contributed by atoms with van der Waals surface area (Å²) in [6, 6.07) is 10.6. The smallest absolute Gasteiger partial charge is 0.135 e. The maximum atomic E-state index is 8.88. The number of nitriles is 1. The average molecular weight is 254 g/mol. The SMILES string of the molecule is C[C@@H]1CCCN1CCc1cc2ccc(C#N)cc2o1. The minimum atomic E-state index is 0.654. The Morgan fingerprint density at radius 2 is 2.32 bits per heavy atom. The maximum absolute atomic E-state index is 8.88. The molecule has 3 heteroatoms. The predicted molar refractivity (Wildman–Crippen MR) is 74.9 cm³/mol. The highest BCUT2D eigenvalue weighted by atomic mass is 16.3. The van der Waals surface area contributed by atoms with Gasteiger partial charge in [0, 0.05) is 24.4 Å². The van der Waals surface area contributed by atoms with E-state index in [9.17, 15) is 0 Å². The predicted octanol–water partition coefficient (Wildman–Crippen LogP) is 3.33. The molecule has 1 aliphatic heterocycles. The monoisotopic (exact) mass is 254 g/mol. The van der Waals surface area contributed by atoms with Gasteiger partial charge in [-0.1, -0.05) is 0 Å². The molecule has 2 heterocycles. The molecule has 0 bridgehead atoms. The van der Waals surface area contributed by atoms with Crippen molar-refractivity contribution in [1.29, 1.82) is 5.26 Å². The molecule has 0 amide bonds. The van der Waals surface area contributed by atoms with E-state index in [-0.39, 0.29) is 0 Å². The van der Waals surface area contributed by atoms with E-state index in [1.807, 2.05) is 18.2 Å². The fourth-order valence-corrected chi connectivity index (χ4v) is 2.86. The van der Waals surface area contributed by atoms with Gasteiger partial charge in [-0.3, -0.25) is 0 Å². The van der Waals surface area contributed by atoms with E-state index in [4.69, 9.17) is 9.68 Å². The molecule has 1 aromatic heterocycles. The second kappa shape index (κ2) is 5.07. The Labute approximate surface area is 113 Å². The lowest BCUT2D eigenvalue weighted by Gasteiger charge is -2.19. The highest BCUT2D eigenvalue weighted by Crippen LogP contribution is 2.22. The summed E-state index contributed by atoms with van der Waals surface area (Å²) in [6.45, 7) is 4.57. The summed E-state index contributed by atoms with van der Waals surface area (Å²) >= 11 is 0. The van der Waals surface area contributed by atoms with E-state index in [0.717, 1.165) is 29.7 Å². The van der Waals surface area contributed by atoms with Crippen LogP contribution in [-0.4, -0.2) is 24.0 Å². The maximum Gasteiger partial charge on any atom is 0.135 e. The third-order valence-corrected chi connectivity index (χ3v) is 4.04. The van der Waals surface area contributed by atoms with Gasteiger partial charge in [0.25, 0.3) is 0 Å². The first-order chi connectivity index (χ1) is 9.26. The number of fused-ring (bicyclic) bond motifs is 1. The Morgan fingerprint density at radius 1 is 1.42 bits per heavy atom. The molecule has 1 atom stereocenters. The standard InChI is InChI=1S/C16H18N2O/c1-12-3-2-7-18(12)8-6-15-10-14-5-4-13(11-17)9-16(14)19-15/h4-5,9-10,12H,2-3,6-8H2,1H3/t12-/m1/s1. The summed E-state index contributed by atoms with van der Waals surface area (Å²) in [5.41, 5.74) is 1.48. The molecule has 1 fully saturated rings. The molecule has 3 rings (SSSR count). The van der Waals surface area contributed by atoms with Crippen molar-refractivity contribution >= 4 is 11.0 Å². The van der Waals surface area contributed by atoms with Gasteiger partial charge in [0.15, 0.2) is 0 Å². The fraction of sp³-hybridized carbons (Fsp3) is 0.438. The van der Waals surface area contributed by atoms with Gasteiger partial charge in [-0.25, -0.2) is 0 Å². The molecule has 1 saturated heterocycles. The molecular weight excluding hydrogens is 236 g/mol. The lowest BCUT2D eigenvalue weighted by Crippen LogP contribution is -2.28. The Balaban J connectivity index is 1.73. The van der Waals surface area contributed by atoms with Crippen LogP contribution in [0.3, 0.4) is 0 Å². The van der Waals surface area contributed by atoms with E-state index < -0.39 is 0 Å². The third-order valence-electron chi connectivity index (χ3n) is 4.04. The summed E-state index contributed by atoms with van der Waals surface area (Å²) in [6.07, 6.45) is 3.57. The van der Waals surface area contributed by atoms with Crippen LogP contribution >= 0.6 is 0 Å². The molecule has 0 spiro atoms. The molecule has 1 aromatic carbocycles. The van der Waals surface area contributed by atoms with Gasteiger partial charge >= 0.3 is 0 Å². The first-order valence-electron chi connectivity index (χ1n) is 6.93. The van der Waals surface area contributed by atoms with Crippen molar-refractivity contribution in [2.24, 2.45) is 0 Å². The van der Waals surface area contributed by atoms with Crippen LogP contribution in [0.25, 0.3) is 11.0 Å². The summed E-state index contributed by atoms with van der Waals surface area (Å²) in [5, 5.41) is 9.97. The van der Waals surface area contributed by atoms with E-state index in [1.165, 1.54) is 19.4 Å². The van der Waals surface area contributed by atoms with Crippen molar-refractivity contribution < 1.29 is 4.42 Å². The largest absolute Gasteiger partial charge is 0.461 e. The van der Waals surface area contributed by atoms with E-state index in [1.54, 1.807) is 0 Å². The van der Waals surface area contributed by atoms with Crippen LogP contribution in [0, 0.1) is 11.3 Å². The van der Waals surface area contributed by atoms with E-state index >= 15 is 0 Å². The molecule has 0 saturated carbocycles. The van der Waals surface area contributed by atoms with Crippen molar-refractivity contribution in [2.45, 2.75) is 32.2 Å². The van der Waals surface area contributed by atoms with Gasteiger partial charge in [-0.05, 0) is 50.6 Å². The van der Waals surface area contributed by atoms with Gasteiger partial charge in [0.2, 0.25) is 0 Å². The number of furan rings is 1. The second-order valence-electron chi connectivity index (χ2n) is 5.35. The number of nitrogens with zero attached hydrogens (tertiary/aromatic N) is 2. The normalized spacial score (nSPS) is 19.9. The summed E-state index contributed by atoms with van der Waals surface area (Å²) < 4.78 is 5.83. The highest BCUT2D eigenvalue weighted by molar-refractivity contribution is 5.79. The van der Waals surface area contributed by atoms with Gasteiger partial charge < -0.3 is 9.32 Å². The third kappa shape index (κ3) is 2.50. The lowest BCUT2D eigenvalue weighted by molar-refractivity contribution is 0.266. The van der Waals surface area contributed by atoms with Crippen molar-refractivity contribution in [3.05, 3.63) is 35.6 Å². The molecule has 1 aliphatic rings. The minimum Gasteiger partial charge on any atom is -0.461 e. The van der Waals surface area contributed by atoms with E-state index in [0.29, 0.717) is 11.6 Å². The molecule has 2 aromatic rings. The highest BCUT2D eigenvalue weighted by Gasteiger charge is 2.19. The fourth-order valence-electron chi connectivity index (χ4n) is 2.86. The van der Waals surface area contributed by atoms with Crippen molar-refractivity contribution in [1.82, 2.24) is 4.90 Å². The van der Waals surface area contributed by atoms with Crippen LogP contribution in [0.2, 0.25) is 0 Å². The zero-order chi connectivity index (χ0) is 13.2. The number of hydrogen-bond acceptors (Lipinski definition) is 3. The lowest BCUT2D eigenvalue weighted by atomic mass is 10.2. The zero-order valence-corrected chi connectivity index (χ0v) is 11.2. The molecule has 0 unspecified atom stereocenters. The van der Waals surface area contributed by atoms with E-state index in [2.05, 4.69) is 24.0 Å². The van der Waals surface area contributed by atoms with Crippen LogP contribution in [-0.2, 0) is 6.42 Å². The molecular formula is C16H18N2O. The molecule has 0 aliphatic carbocycles. The Kier molecular flexibility index (Phi) is 3.27.